The highest BCUT2D eigenvalue weighted by molar-refractivity contribution is 7.22. The van der Waals surface area contributed by atoms with Gasteiger partial charge in [-0.3, -0.25) is 14.2 Å². The number of thiophene rings is 1. The number of hydrogen-bond acceptors (Lipinski definition) is 4. The molecule has 0 aliphatic heterocycles. The van der Waals surface area contributed by atoms with Crippen LogP contribution in [0.3, 0.4) is 0 Å². The molecule has 0 aliphatic carbocycles. The van der Waals surface area contributed by atoms with E-state index in [1.54, 1.807) is 0 Å². The molecule has 2 aromatic carbocycles. The number of carbonyl (C=O) groups is 1. The Labute approximate surface area is 172 Å². The number of benzene rings is 2. The summed E-state index contributed by atoms with van der Waals surface area (Å²) in [5, 5.41) is 3.49. The molecule has 0 fully saturated rings. The van der Waals surface area contributed by atoms with E-state index in [4.69, 9.17) is 0 Å². The van der Waals surface area contributed by atoms with E-state index >= 15 is 0 Å². The third-order valence-corrected chi connectivity index (χ3v) is 6.19. The van der Waals surface area contributed by atoms with Crippen LogP contribution in [0.4, 0.5) is 5.69 Å². The summed E-state index contributed by atoms with van der Waals surface area (Å²) in [5.41, 5.74) is 3.61. The topological polar surface area (TPSA) is 64.0 Å². The zero-order chi connectivity index (χ0) is 20.4. The monoisotopic (exact) mass is 403 g/mol. The van der Waals surface area contributed by atoms with Gasteiger partial charge in [-0.05, 0) is 36.1 Å². The Bertz CT molecular complexity index is 1240. The number of aromatic nitrogens is 2. The van der Waals surface area contributed by atoms with E-state index in [1.165, 1.54) is 22.2 Å². The van der Waals surface area contributed by atoms with Gasteiger partial charge in [-0.1, -0.05) is 55.5 Å². The van der Waals surface area contributed by atoms with E-state index in [9.17, 15) is 9.59 Å². The van der Waals surface area contributed by atoms with Crippen molar-refractivity contribution in [3.05, 3.63) is 82.4 Å². The van der Waals surface area contributed by atoms with Crippen molar-refractivity contribution < 1.29 is 4.79 Å². The summed E-state index contributed by atoms with van der Waals surface area (Å²) in [6.07, 6.45) is 2.28. The van der Waals surface area contributed by atoms with Crippen LogP contribution in [0, 0.1) is 6.92 Å². The molecule has 0 spiro atoms. The summed E-state index contributed by atoms with van der Waals surface area (Å²) in [5.74, 6) is -0.245. The molecule has 5 nitrogen and oxygen atoms in total. The number of anilines is 1. The van der Waals surface area contributed by atoms with Crippen LogP contribution in [0.15, 0.2) is 65.7 Å². The number of nitrogens with zero attached hydrogens (tertiary/aromatic N) is 2. The summed E-state index contributed by atoms with van der Waals surface area (Å²) in [7, 11) is 0. The van der Waals surface area contributed by atoms with Crippen LogP contribution in [-0.2, 0) is 17.8 Å². The fraction of sp³-hybridized carbons (Fsp3) is 0.174. The van der Waals surface area contributed by atoms with Crippen LogP contribution in [0.25, 0.3) is 20.7 Å². The summed E-state index contributed by atoms with van der Waals surface area (Å²) < 4.78 is 1.38. The van der Waals surface area contributed by atoms with Crippen molar-refractivity contribution in [2.45, 2.75) is 26.8 Å². The van der Waals surface area contributed by atoms with Gasteiger partial charge in [0, 0.05) is 10.6 Å². The minimum absolute atomic E-state index is 0.0736. The molecule has 4 aromatic rings. The molecule has 4 rings (SSSR count). The Hall–Kier alpha value is -3.25. The number of para-hydroxylation sites is 1. The number of fused-ring (bicyclic) bond motifs is 1. The molecule has 0 aliphatic rings. The Morgan fingerprint density at radius 2 is 1.83 bits per heavy atom. The maximum atomic E-state index is 13.1. The van der Waals surface area contributed by atoms with Crippen LogP contribution >= 0.6 is 11.3 Å². The summed E-state index contributed by atoms with van der Waals surface area (Å²) in [6, 6.07) is 17.6. The van der Waals surface area contributed by atoms with Crippen molar-refractivity contribution in [3.8, 4) is 10.4 Å². The number of hydrogen-bond donors (Lipinski definition) is 1. The fourth-order valence-corrected chi connectivity index (χ4v) is 4.58. The lowest BCUT2D eigenvalue weighted by Crippen LogP contribution is -2.28. The molecule has 29 heavy (non-hydrogen) atoms. The van der Waals surface area contributed by atoms with Crippen molar-refractivity contribution in [3.63, 3.8) is 0 Å². The highest BCUT2D eigenvalue weighted by Gasteiger charge is 2.17. The second-order valence-electron chi connectivity index (χ2n) is 6.84. The Morgan fingerprint density at radius 3 is 2.59 bits per heavy atom. The molecule has 2 aromatic heterocycles. The van der Waals surface area contributed by atoms with Crippen LogP contribution in [0.2, 0.25) is 0 Å². The second-order valence-corrected chi connectivity index (χ2v) is 7.84. The van der Waals surface area contributed by atoms with E-state index in [2.05, 4.69) is 10.3 Å². The fourth-order valence-electron chi connectivity index (χ4n) is 3.43. The quantitative estimate of drug-likeness (QED) is 0.528. The molecular weight excluding hydrogens is 382 g/mol. The minimum atomic E-state index is -0.245. The van der Waals surface area contributed by atoms with Crippen LogP contribution in [0.5, 0.6) is 0 Å². The van der Waals surface area contributed by atoms with Crippen LogP contribution in [-0.4, -0.2) is 15.5 Å². The lowest BCUT2D eigenvalue weighted by atomic mass is 10.1. The highest BCUT2D eigenvalue weighted by Crippen LogP contribution is 2.35. The van der Waals surface area contributed by atoms with Gasteiger partial charge in [-0.2, -0.15) is 0 Å². The summed E-state index contributed by atoms with van der Waals surface area (Å²) in [6.45, 7) is 3.90. The van der Waals surface area contributed by atoms with Gasteiger partial charge < -0.3 is 5.32 Å². The van der Waals surface area contributed by atoms with Gasteiger partial charge >= 0.3 is 0 Å². The second kappa shape index (κ2) is 8.01. The third-order valence-electron chi connectivity index (χ3n) is 4.94. The first kappa shape index (κ1) is 19.1. The maximum Gasteiger partial charge on any atom is 0.262 e. The average Bonchev–Trinajstić information content (AvgIpc) is 3.08. The van der Waals surface area contributed by atoms with Crippen molar-refractivity contribution >= 4 is 33.1 Å². The van der Waals surface area contributed by atoms with Crippen LogP contribution in [0.1, 0.15) is 18.1 Å². The number of amides is 1. The Kier molecular flexibility index (Phi) is 5.27. The van der Waals surface area contributed by atoms with Gasteiger partial charge in [-0.25, -0.2) is 4.98 Å². The zero-order valence-electron chi connectivity index (χ0n) is 16.3. The minimum Gasteiger partial charge on any atom is -0.324 e. The normalized spacial score (nSPS) is 11.0. The van der Waals surface area contributed by atoms with Crippen molar-refractivity contribution in [1.82, 2.24) is 9.55 Å². The highest BCUT2D eigenvalue weighted by atomic mass is 32.1. The molecule has 1 N–H and O–H groups in total. The Morgan fingerprint density at radius 1 is 1.10 bits per heavy atom. The molecule has 0 radical (unpaired) electrons. The molecule has 0 saturated heterocycles. The predicted octanol–water partition coefficient (Wildman–Crippen LogP) is 4.63. The van der Waals surface area contributed by atoms with E-state index in [-0.39, 0.29) is 18.0 Å². The molecule has 0 bridgehead atoms. The van der Waals surface area contributed by atoms with Gasteiger partial charge in [0.2, 0.25) is 5.91 Å². The number of aryl methyl sites for hydroxylation is 2. The number of nitrogens with one attached hydrogen (secondary N) is 1. The molecule has 146 valence electrons. The van der Waals surface area contributed by atoms with Gasteiger partial charge in [0.1, 0.15) is 11.4 Å². The number of carbonyl (C=O) groups excluding carboxylic acids is 1. The van der Waals surface area contributed by atoms with Crippen LogP contribution < -0.4 is 10.9 Å². The first-order valence-electron chi connectivity index (χ1n) is 9.50. The van der Waals surface area contributed by atoms with Gasteiger partial charge in [0.25, 0.3) is 5.56 Å². The summed E-state index contributed by atoms with van der Waals surface area (Å²) >= 11 is 1.50. The molecule has 6 heteroatoms. The molecular formula is C23H21N3O2S. The summed E-state index contributed by atoms with van der Waals surface area (Å²) in [4.78, 5) is 31.8. The van der Waals surface area contributed by atoms with E-state index in [0.29, 0.717) is 10.2 Å². The van der Waals surface area contributed by atoms with E-state index < -0.39 is 0 Å². The average molecular weight is 404 g/mol. The zero-order valence-corrected chi connectivity index (χ0v) is 17.1. The van der Waals surface area contributed by atoms with Gasteiger partial charge in [0.05, 0.1) is 11.7 Å². The first-order valence-corrected chi connectivity index (χ1v) is 10.3. The van der Waals surface area contributed by atoms with Crippen molar-refractivity contribution in [2.75, 3.05) is 5.32 Å². The Balaban J connectivity index is 1.65. The van der Waals surface area contributed by atoms with Gasteiger partial charge in [0.15, 0.2) is 0 Å². The van der Waals surface area contributed by atoms with Gasteiger partial charge in [-0.15, -0.1) is 11.3 Å². The lowest BCUT2D eigenvalue weighted by molar-refractivity contribution is -0.116. The lowest BCUT2D eigenvalue weighted by Gasteiger charge is -2.10. The first-order chi connectivity index (χ1) is 14.1. The maximum absolute atomic E-state index is 13.1. The smallest absolute Gasteiger partial charge is 0.262 e. The molecule has 0 atom stereocenters. The molecule has 2 heterocycles. The molecule has 0 saturated carbocycles. The SMILES string of the molecule is CCc1ccccc1NC(=O)Cn1cnc2sc(-c3ccccc3)c(C)c2c1=O. The molecule has 0 unspecified atom stereocenters. The number of rotatable bonds is 5. The predicted molar refractivity (Wildman–Crippen MR) is 119 cm³/mol. The van der Waals surface area contributed by atoms with Crippen molar-refractivity contribution in [1.29, 1.82) is 0 Å². The van der Waals surface area contributed by atoms with Crippen molar-refractivity contribution in [2.24, 2.45) is 0 Å². The van der Waals surface area contributed by atoms with E-state index in [0.717, 1.165) is 33.7 Å². The standard InChI is InChI=1S/C23H21N3O2S/c1-3-16-9-7-8-12-18(16)25-19(27)13-26-14-24-22-20(23(26)28)15(2)21(29-22)17-10-5-4-6-11-17/h4-12,14H,3,13H2,1-2H3,(H,25,27). The molecule has 1 amide bonds. The largest absolute Gasteiger partial charge is 0.324 e. The third kappa shape index (κ3) is 3.71. The van der Waals surface area contributed by atoms with E-state index in [1.807, 2.05) is 68.4 Å².